The van der Waals surface area contributed by atoms with E-state index in [1.54, 1.807) is 20.3 Å². The van der Waals surface area contributed by atoms with Crippen molar-refractivity contribution in [2.24, 2.45) is 0 Å². The van der Waals surface area contributed by atoms with Crippen molar-refractivity contribution in [3.63, 3.8) is 0 Å². The van der Waals surface area contributed by atoms with Crippen LogP contribution in [0.4, 0.5) is 5.95 Å². The van der Waals surface area contributed by atoms with Gasteiger partial charge in [0.25, 0.3) is 0 Å². The van der Waals surface area contributed by atoms with E-state index < -0.39 is 0 Å². The van der Waals surface area contributed by atoms with Gasteiger partial charge in [0.1, 0.15) is 0 Å². The second-order valence-electron chi connectivity index (χ2n) is 3.87. The zero-order valence-electron chi connectivity index (χ0n) is 10.0. The zero-order chi connectivity index (χ0) is 12.3. The summed E-state index contributed by atoms with van der Waals surface area (Å²) in [6, 6.07) is 2.24. The number of methoxy groups -OCH3 is 2. The molecule has 1 aliphatic rings. The molecule has 0 aromatic carbocycles. The fourth-order valence-corrected chi connectivity index (χ4v) is 2.04. The van der Waals surface area contributed by atoms with Crippen LogP contribution in [0.1, 0.15) is 12.8 Å². The minimum absolute atomic E-state index is 0.534. The molecule has 1 aliphatic carbocycles. The van der Waals surface area contributed by atoms with Crippen LogP contribution in [0.15, 0.2) is 6.07 Å². The van der Waals surface area contributed by atoms with Gasteiger partial charge in [0.15, 0.2) is 0 Å². The van der Waals surface area contributed by atoms with Crippen LogP contribution < -0.4 is 14.4 Å². The van der Waals surface area contributed by atoms with Crippen molar-refractivity contribution in [2.45, 2.75) is 18.9 Å². The third-order valence-electron chi connectivity index (χ3n) is 2.66. The molecule has 0 radical (unpaired) electrons. The van der Waals surface area contributed by atoms with Gasteiger partial charge in [0.05, 0.1) is 20.3 Å². The average molecular weight is 302 g/mol. The van der Waals surface area contributed by atoms with Gasteiger partial charge in [-0.25, -0.2) is 0 Å². The van der Waals surface area contributed by atoms with Gasteiger partial charge in [-0.1, -0.05) is 15.9 Å². The number of anilines is 1. The number of rotatable bonds is 6. The molecule has 0 spiro atoms. The standard InChI is InChI=1S/C11H16BrN3O2/c1-16-9-7-10(17-2)14-11(13-9)15(6-5-12)8-3-4-8/h7-8H,3-6H2,1-2H3. The highest BCUT2D eigenvalue weighted by atomic mass is 79.9. The first-order chi connectivity index (χ1) is 8.28. The number of halogens is 1. The molecule has 1 aromatic rings. The minimum atomic E-state index is 0.534. The Morgan fingerprint density at radius 3 is 2.29 bits per heavy atom. The largest absolute Gasteiger partial charge is 0.481 e. The summed E-state index contributed by atoms with van der Waals surface area (Å²) in [6.45, 7) is 0.890. The molecule has 0 aliphatic heterocycles. The molecule has 1 saturated carbocycles. The average Bonchev–Trinajstić information content (AvgIpc) is 3.19. The number of hydrogen-bond donors (Lipinski definition) is 0. The van der Waals surface area contributed by atoms with Gasteiger partial charge in [0, 0.05) is 17.9 Å². The van der Waals surface area contributed by atoms with E-state index in [1.165, 1.54) is 12.8 Å². The normalized spacial score (nSPS) is 14.5. The molecule has 0 saturated heterocycles. The summed E-state index contributed by atoms with van der Waals surface area (Å²) in [5, 5.41) is 0.895. The lowest BCUT2D eigenvalue weighted by atomic mass is 10.5. The Bertz CT molecular complexity index is 363. The molecule has 2 rings (SSSR count). The topological polar surface area (TPSA) is 47.5 Å². The first-order valence-corrected chi connectivity index (χ1v) is 6.70. The molecule has 1 heterocycles. The predicted molar refractivity (Wildman–Crippen MR) is 69.3 cm³/mol. The van der Waals surface area contributed by atoms with Crippen molar-refractivity contribution in [1.82, 2.24) is 9.97 Å². The molecule has 94 valence electrons. The molecule has 0 atom stereocenters. The van der Waals surface area contributed by atoms with Crippen molar-refractivity contribution in [1.29, 1.82) is 0 Å². The van der Waals surface area contributed by atoms with Crippen molar-refractivity contribution < 1.29 is 9.47 Å². The van der Waals surface area contributed by atoms with Gasteiger partial charge in [-0.05, 0) is 12.8 Å². The highest BCUT2D eigenvalue weighted by molar-refractivity contribution is 9.09. The summed E-state index contributed by atoms with van der Waals surface area (Å²) < 4.78 is 10.3. The first kappa shape index (κ1) is 12.4. The van der Waals surface area contributed by atoms with Crippen molar-refractivity contribution >= 4 is 21.9 Å². The van der Waals surface area contributed by atoms with Crippen LogP contribution in [0, 0.1) is 0 Å². The lowest BCUT2D eigenvalue weighted by molar-refractivity contribution is 0.371. The monoisotopic (exact) mass is 301 g/mol. The summed E-state index contributed by atoms with van der Waals surface area (Å²) >= 11 is 3.45. The highest BCUT2D eigenvalue weighted by Crippen LogP contribution is 2.31. The second-order valence-corrected chi connectivity index (χ2v) is 4.66. The Kier molecular flexibility index (Phi) is 4.04. The van der Waals surface area contributed by atoms with E-state index in [9.17, 15) is 0 Å². The van der Waals surface area contributed by atoms with Crippen LogP contribution in [0.3, 0.4) is 0 Å². The number of alkyl halides is 1. The van der Waals surface area contributed by atoms with Gasteiger partial charge >= 0.3 is 0 Å². The maximum absolute atomic E-state index is 5.16. The molecule has 0 N–H and O–H groups in total. The third-order valence-corrected chi connectivity index (χ3v) is 3.01. The molecule has 1 fully saturated rings. The summed E-state index contributed by atoms with van der Waals surface area (Å²) in [5.41, 5.74) is 0. The van der Waals surface area contributed by atoms with Crippen LogP contribution in [0.25, 0.3) is 0 Å². The number of hydrogen-bond acceptors (Lipinski definition) is 5. The molecule has 6 heteroatoms. The van der Waals surface area contributed by atoms with Crippen molar-refractivity contribution in [3.8, 4) is 11.8 Å². The molecule has 17 heavy (non-hydrogen) atoms. The number of ether oxygens (including phenoxy) is 2. The van der Waals surface area contributed by atoms with Crippen LogP contribution in [-0.2, 0) is 0 Å². The van der Waals surface area contributed by atoms with Crippen LogP contribution in [0.5, 0.6) is 11.8 Å². The van der Waals surface area contributed by atoms with Gasteiger partial charge in [-0.2, -0.15) is 9.97 Å². The van der Waals surface area contributed by atoms with Gasteiger partial charge in [-0.3, -0.25) is 0 Å². The van der Waals surface area contributed by atoms with Gasteiger partial charge in [-0.15, -0.1) is 0 Å². The summed E-state index contributed by atoms with van der Waals surface area (Å²) in [7, 11) is 3.19. The maximum Gasteiger partial charge on any atom is 0.232 e. The molecule has 1 aromatic heterocycles. The minimum Gasteiger partial charge on any atom is -0.481 e. The molecule has 0 unspecified atom stereocenters. The smallest absolute Gasteiger partial charge is 0.232 e. The SMILES string of the molecule is COc1cc(OC)nc(N(CCBr)C2CC2)n1. The van der Waals surface area contributed by atoms with Crippen molar-refractivity contribution in [2.75, 3.05) is 31.0 Å². The Labute approximate surface area is 109 Å². The lowest BCUT2D eigenvalue weighted by Crippen LogP contribution is -2.29. The third kappa shape index (κ3) is 3.00. The van der Waals surface area contributed by atoms with E-state index in [0.29, 0.717) is 23.8 Å². The Balaban J connectivity index is 2.27. The summed E-state index contributed by atoms with van der Waals surface area (Å²) in [6.07, 6.45) is 2.41. The fourth-order valence-electron chi connectivity index (χ4n) is 1.65. The predicted octanol–water partition coefficient (Wildman–Crippen LogP) is 1.86. The van der Waals surface area contributed by atoms with Crippen LogP contribution in [0.2, 0.25) is 0 Å². The molecule has 0 amide bonds. The highest BCUT2D eigenvalue weighted by Gasteiger charge is 2.31. The first-order valence-electron chi connectivity index (χ1n) is 5.58. The van der Waals surface area contributed by atoms with Crippen LogP contribution >= 0.6 is 15.9 Å². The summed E-state index contributed by atoms with van der Waals surface area (Å²) in [5.74, 6) is 1.75. The van der Waals surface area contributed by atoms with Gasteiger partial charge < -0.3 is 14.4 Å². The molecular formula is C11H16BrN3O2. The number of nitrogens with zero attached hydrogens (tertiary/aromatic N) is 3. The van der Waals surface area contributed by atoms with E-state index in [4.69, 9.17) is 9.47 Å². The Morgan fingerprint density at radius 2 is 1.88 bits per heavy atom. The Morgan fingerprint density at radius 1 is 1.29 bits per heavy atom. The molecule has 5 nitrogen and oxygen atoms in total. The van der Waals surface area contributed by atoms with E-state index in [1.807, 2.05) is 0 Å². The van der Waals surface area contributed by atoms with E-state index in [0.717, 1.165) is 11.9 Å². The van der Waals surface area contributed by atoms with E-state index in [2.05, 4.69) is 30.8 Å². The Hall–Kier alpha value is -1.04. The van der Waals surface area contributed by atoms with Crippen LogP contribution in [-0.4, -0.2) is 42.1 Å². The summed E-state index contributed by atoms with van der Waals surface area (Å²) in [4.78, 5) is 10.9. The van der Waals surface area contributed by atoms with Gasteiger partial charge in [0.2, 0.25) is 17.7 Å². The number of aromatic nitrogens is 2. The van der Waals surface area contributed by atoms with E-state index in [-0.39, 0.29) is 0 Å². The fraction of sp³-hybridized carbons (Fsp3) is 0.636. The van der Waals surface area contributed by atoms with Crippen molar-refractivity contribution in [3.05, 3.63) is 6.07 Å². The molecular weight excluding hydrogens is 286 g/mol. The lowest BCUT2D eigenvalue weighted by Gasteiger charge is -2.21. The zero-order valence-corrected chi connectivity index (χ0v) is 11.6. The van der Waals surface area contributed by atoms with E-state index >= 15 is 0 Å². The quantitative estimate of drug-likeness (QED) is 0.751. The maximum atomic E-state index is 5.16. The second kappa shape index (κ2) is 5.53. The molecule has 0 bridgehead atoms.